The molecule has 4 heterocycles. The Morgan fingerprint density at radius 1 is 0.963 bits per heavy atom. The zero-order chi connectivity index (χ0) is 18.1. The number of aliphatic hydroxyl groups excluding tert-OH is 1. The van der Waals surface area contributed by atoms with Crippen molar-refractivity contribution in [1.29, 1.82) is 0 Å². The van der Waals surface area contributed by atoms with E-state index < -0.39 is 6.29 Å². The van der Waals surface area contributed by atoms with Gasteiger partial charge < -0.3 is 28.8 Å². The summed E-state index contributed by atoms with van der Waals surface area (Å²) in [5, 5.41) is 10.6. The molecule has 2 aromatic rings. The second-order valence-electron chi connectivity index (χ2n) is 7.29. The van der Waals surface area contributed by atoms with Crippen molar-refractivity contribution in [1.82, 2.24) is 4.90 Å². The van der Waals surface area contributed by atoms with E-state index in [1.54, 1.807) is 0 Å². The molecule has 0 fully saturated rings. The Morgan fingerprint density at radius 3 is 2.63 bits per heavy atom. The maximum Gasteiger partial charge on any atom is 0.231 e. The maximum absolute atomic E-state index is 10.6. The second-order valence-corrected chi connectivity index (χ2v) is 7.29. The number of ether oxygens (including phenoxy) is 5. The molecule has 4 aliphatic rings. The molecular weight excluding hydrogens is 350 g/mol. The number of nitrogens with zero attached hydrogens (tertiary/aromatic N) is 1. The van der Waals surface area contributed by atoms with Gasteiger partial charge >= 0.3 is 0 Å². The summed E-state index contributed by atoms with van der Waals surface area (Å²) in [6, 6.07) is 7.94. The summed E-state index contributed by atoms with van der Waals surface area (Å²) in [5.41, 5.74) is 4.00. The Balaban J connectivity index is 1.48. The van der Waals surface area contributed by atoms with Crippen LogP contribution in [0.2, 0.25) is 0 Å². The zero-order valence-corrected chi connectivity index (χ0v) is 14.8. The third-order valence-corrected chi connectivity index (χ3v) is 5.89. The van der Waals surface area contributed by atoms with E-state index in [1.165, 1.54) is 5.56 Å². The molecule has 6 rings (SSSR count). The summed E-state index contributed by atoms with van der Waals surface area (Å²) >= 11 is 0. The van der Waals surface area contributed by atoms with Crippen molar-refractivity contribution in [3.63, 3.8) is 0 Å². The Morgan fingerprint density at radius 2 is 1.74 bits per heavy atom. The van der Waals surface area contributed by atoms with Gasteiger partial charge in [-0.15, -0.1) is 0 Å². The van der Waals surface area contributed by atoms with E-state index in [2.05, 4.69) is 24.1 Å². The van der Waals surface area contributed by atoms with Gasteiger partial charge in [0, 0.05) is 6.54 Å². The van der Waals surface area contributed by atoms with E-state index in [-0.39, 0.29) is 25.7 Å². The normalized spacial score (nSPS) is 27.6. The van der Waals surface area contributed by atoms with Crippen LogP contribution in [0, 0.1) is 0 Å². The fourth-order valence-electron chi connectivity index (χ4n) is 4.60. The SMILES string of the molecule is CN1CCc2cc3c(cc2[C@H]1C1O[C@@H](O)c2c1ccc1c2OCO1)OCO3. The van der Waals surface area contributed by atoms with Gasteiger partial charge in [-0.2, -0.15) is 0 Å². The van der Waals surface area contributed by atoms with E-state index in [4.69, 9.17) is 23.7 Å². The van der Waals surface area contributed by atoms with Gasteiger partial charge in [0.15, 0.2) is 29.3 Å². The van der Waals surface area contributed by atoms with Gasteiger partial charge in [0.1, 0.15) is 6.10 Å². The predicted molar refractivity (Wildman–Crippen MR) is 93.0 cm³/mol. The Labute approximate surface area is 156 Å². The third-order valence-electron chi connectivity index (χ3n) is 5.89. The van der Waals surface area contributed by atoms with Gasteiger partial charge in [0.2, 0.25) is 13.6 Å². The average molecular weight is 369 g/mol. The van der Waals surface area contributed by atoms with Crippen LogP contribution in [0.4, 0.5) is 0 Å². The van der Waals surface area contributed by atoms with Gasteiger partial charge in [-0.25, -0.2) is 0 Å². The van der Waals surface area contributed by atoms with Gasteiger partial charge in [0.05, 0.1) is 11.6 Å². The molecule has 7 nitrogen and oxygen atoms in total. The molecule has 0 aliphatic carbocycles. The number of hydrogen-bond donors (Lipinski definition) is 1. The highest BCUT2D eigenvalue weighted by Crippen LogP contribution is 2.54. The number of benzene rings is 2. The quantitative estimate of drug-likeness (QED) is 0.828. The van der Waals surface area contributed by atoms with Crippen molar-refractivity contribution in [3.05, 3.63) is 46.5 Å². The molecule has 0 amide bonds. The molecule has 7 heteroatoms. The molecule has 0 saturated heterocycles. The molecule has 140 valence electrons. The van der Waals surface area contributed by atoms with Gasteiger partial charge in [0.25, 0.3) is 0 Å². The highest BCUT2D eigenvalue weighted by atomic mass is 16.7. The Kier molecular flexibility index (Phi) is 3.18. The Bertz CT molecular complexity index is 945. The van der Waals surface area contributed by atoms with Crippen LogP contribution in [0.15, 0.2) is 24.3 Å². The molecule has 4 aliphatic heterocycles. The topological polar surface area (TPSA) is 69.6 Å². The van der Waals surface area contributed by atoms with Crippen molar-refractivity contribution in [2.75, 3.05) is 27.2 Å². The van der Waals surface area contributed by atoms with Gasteiger partial charge in [-0.05, 0) is 48.4 Å². The molecule has 27 heavy (non-hydrogen) atoms. The van der Waals surface area contributed by atoms with E-state index in [0.29, 0.717) is 17.1 Å². The fourth-order valence-corrected chi connectivity index (χ4v) is 4.60. The van der Waals surface area contributed by atoms with E-state index >= 15 is 0 Å². The standard InChI is InChI=1S/C20H19NO6/c1-21-5-4-10-6-14-15(25-8-24-14)7-12(10)17(21)18-11-2-3-13-19(26-9-23-13)16(11)20(22)27-18/h2-3,6-7,17-18,20,22H,4-5,8-9H2,1H3/t17-,18?,20+/m0/s1. The van der Waals surface area contributed by atoms with Crippen molar-refractivity contribution in [2.45, 2.75) is 24.9 Å². The first-order chi connectivity index (χ1) is 13.2. The van der Waals surface area contributed by atoms with Crippen LogP contribution in [0.5, 0.6) is 23.0 Å². The lowest BCUT2D eigenvalue weighted by atomic mass is 9.86. The first-order valence-electron chi connectivity index (χ1n) is 9.09. The molecule has 0 bridgehead atoms. The molecule has 0 saturated carbocycles. The van der Waals surface area contributed by atoms with E-state index in [1.807, 2.05) is 12.1 Å². The van der Waals surface area contributed by atoms with Crippen molar-refractivity contribution in [3.8, 4) is 23.0 Å². The molecule has 0 spiro atoms. The number of hydrogen-bond acceptors (Lipinski definition) is 7. The molecule has 0 aromatic heterocycles. The lowest BCUT2D eigenvalue weighted by molar-refractivity contribution is -0.142. The monoisotopic (exact) mass is 369 g/mol. The number of fused-ring (bicyclic) bond motifs is 5. The van der Waals surface area contributed by atoms with E-state index in [0.717, 1.165) is 35.6 Å². The highest BCUT2D eigenvalue weighted by Gasteiger charge is 2.44. The maximum atomic E-state index is 10.6. The Hall–Kier alpha value is -2.48. The van der Waals surface area contributed by atoms with E-state index in [9.17, 15) is 5.11 Å². The summed E-state index contributed by atoms with van der Waals surface area (Å²) in [5.74, 6) is 2.80. The molecule has 1 unspecified atom stereocenters. The third kappa shape index (κ3) is 2.13. The second kappa shape index (κ2) is 5.51. The summed E-state index contributed by atoms with van der Waals surface area (Å²) in [7, 11) is 2.08. The number of aliphatic hydroxyl groups is 1. The summed E-state index contributed by atoms with van der Waals surface area (Å²) in [6.07, 6.45) is -0.411. The molecule has 3 atom stereocenters. The summed E-state index contributed by atoms with van der Waals surface area (Å²) < 4.78 is 28.2. The van der Waals surface area contributed by atoms with Crippen LogP contribution in [-0.2, 0) is 11.2 Å². The highest BCUT2D eigenvalue weighted by molar-refractivity contribution is 5.56. The first-order valence-corrected chi connectivity index (χ1v) is 9.09. The molecule has 1 N–H and O–H groups in total. The van der Waals surface area contributed by atoms with Gasteiger partial charge in [-0.3, -0.25) is 4.90 Å². The minimum absolute atomic E-state index is 0.0421. The van der Waals surface area contributed by atoms with Gasteiger partial charge in [-0.1, -0.05) is 6.07 Å². The molecular formula is C20H19NO6. The van der Waals surface area contributed by atoms with Crippen LogP contribution in [-0.4, -0.2) is 37.2 Å². The largest absolute Gasteiger partial charge is 0.454 e. The van der Waals surface area contributed by atoms with Crippen LogP contribution in [0.3, 0.4) is 0 Å². The van der Waals surface area contributed by atoms with Crippen molar-refractivity contribution < 1.29 is 28.8 Å². The number of rotatable bonds is 1. The molecule has 0 radical (unpaired) electrons. The van der Waals surface area contributed by atoms with Crippen molar-refractivity contribution in [2.24, 2.45) is 0 Å². The zero-order valence-electron chi connectivity index (χ0n) is 14.8. The van der Waals surface area contributed by atoms with Crippen LogP contribution in [0.1, 0.15) is 40.7 Å². The average Bonchev–Trinajstić information content (AvgIpc) is 3.38. The van der Waals surface area contributed by atoms with Crippen LogP contribution >= 0.6 is 0 Å². The predicted octanol–water partition coefficient (Wildman–Crippen LogP) is 2.44. The smallest absolute Gasteiger partial charge is 0.231 e. The molecule has 2 aromatic carbocycles. The summed E-state index contributed by atoms with van der Waals surface area (Å²) in [4.78, 5) is 2.27. The first kappa shape index (κ1) is 15.6. The number of likely N-dealkylation sites (N-methyl/N-ethyl adjacent to an activating group) is 1. The van der Waals surface area contributed by atoms with Crippen molar-refractivity contribution >= 4 is 0 Å². The lowest BCUT2D eigenvalue weighted by Gasteiger charge is -2.38. The minimum atomic E-state index is -1.03. The summed E-state index contributed by atoms with van der Waals surface area (Å²) in [6.45, 7) is 1.32. The lowest BCUT2D eigenvalue weighted by Crippen LogP contribution is -2.35. The van der Waals surface area contributed by atoms with Crippen LogP contribution in [0.25, 0.3) is 0 Å². The fraction of sp³-hybridized carbons (Fsp3) is 0.400. The minimum Gasteiger partial charge on any atom is -0.454 e. The van der Waals surface area contributed by atoms with Crippen LogP contribution < -0.4 is 18.9 Å².